The predicted octanol–water partition coefficient (Wildman–Crippen LogP) is 4.53. The number of methoxy groups -OCH3 is 1. The molecule has 0 amide bonds. The zero-order valence-corrected chi connectivity index (χ0v) is 12.5. The third kappa shape index (κ3) is 3.58. The number of nitrogen functional groups attached to an aromatic ring is 1. The number of thioether (sulfide) groups is 1. The van der Waals surface area contributed by atoms with Gasteiger partial charge in [-0.05, 0) is 42.8 Å². The van der Waals surface area contributed by atoms with Gasteiger partial charge in [0, 0.05) is 26.9 Å². The van der Waals surface area contributed by atoms with Crippen molar-refractivity contribution in [1.29, 1.82) is 0 Å². The highest BCUT2D eigenvalue weighted by atomic mass is 35.5. The molecule has 0 saturated carbocycles. The molecule has 2 rings (SSSR count). The van der Waals surface area contributed by atoms with Crippen molar-refractivity contribution in [2.45, 2.75) is 17.6 Å². The molecular weight excluding hydrogens is 278 g/mol. The van der Waals surface area contributed by atoms with Crippen molar-refractivity contribution < 1.29 is 4.74 Å². The molecule has 0 unspecified atom stereocenters. The van der Waals surface area contributed by atoms with Gasteiger partial charge in [-0.3, -0.25) is 0 Å². The second-order valence-electron chi connectivity index (χ2n) is 4.29. The van der Waals surface area contributed by atoms with Crippen LogP contribution in [0.2, 0.25) is 5.02 Å². The Morgan fingerprint density at radius 2 is 2.00 bits per heavy atom. The molecule has 0 aliphatic carbocycles. The summed E-state index contributed by atoms with van der Waals surface area (Å²) in [6, 6.07) is 11.7. The number of rotatable bonds is 4. The molecule has 0 heterocycles. The van der Waals surface area contributed by atoms with Crippen LogP contribution >= 0.6 is 23.4 Å². The van der Waals surface area contributed by atoms with Gasteiger partial charge in [-0.2, -0.15) is 0 Å². The summed E-state index contributed by atoms with van der Waals surface area (Å²) in [5, 5.41) is 0.716. The minimum Gasteiger partial charge on any atom is -0.496 e. The van der Waals surface area contributed by atoms with E-state index in [1.165, 1.54) is 5.56 Å². The Kier molecular flexibility index (Phi) is 4.61. The smallest absolute Gasteiger partial charge is 0.123 e. The summed E-state index contributed by atoms with van der Waals surface area (Å²) in [6.07, 6.45) is 0. The molecule has 19 heavy (non-hydrogen) atoms. The first-order chi connectivity index (χ1) is 9.10. The summed E-state index contributed by atoms with van der Waals surface area (Å²) >= 11 is 7.70. The average Bonchev–Trinajstić information content (AvgIpc) is 2.38. The lowest BCUT2D eigenvalue weighted by Crippen LogP contribution is -1.92. The van der Waals surface area contributed by atoms with Crippen LogP contribution in [-0.2, 0) is 5.75 Å². The van der Waals surface area contributed by atoms with Crippen LogP contribution < -0.4 is 10.5 Å². The van der Waals surface area contributed by atoms with E-state index in [1.807, 2.05) is 37.3 Å². The van der Waals surface area contributed by atoms with Crippen molar-refractivity contribution in [2.75, 3.05) is 12.8 Å². The van der Waals surface area contributed by atoms with Crippen LogP contribution in [0.4, 0.5) is 5.69 Å². The number of ether oxygens (including phenoxy) is 1. The van der Waals surface area contributed by atoms with Gasteiger partial charge in [-0.25, -0.2) is 0 Å². The number of hydrogen-bond donors (Lipinski definition) is 1. The van der Waals surface area contributed by atoms with E-state index in [0.717, 1.165) is 27.6 Å². The zero-order valence-electron chi connectivity index (χ0n) is 10.9. The van der Waals surface area contributed by atoms with E-state index in [4.69, 9.17) is 22.1 Å². The molecule has 0 atom stereocenters. The number of anilines is 1. The molecule has 0 radical (unpaired) electrons. The SMILES string of the molecule is COc1ccc(Cl)cc1CSc1ccc(C)cc1N. The van der Waals surface area contributed by atoms with Crippen molar-refractivity contribution in [2.24, 2.45) is 0 Å². The summed E-state index contributed by atoms with van der Waals surface area (Å²) in [5.74, 6) is 1.62. The summed E-state index contributed by atoms with van der Waals surface area (Å²) < 4.78 is 5.33. The van der Waals surface area contributed by atoms with Crippen LogP contribution in [0.15, 0.2) is 41.3 Å². The Labute approximate surface area is 122 Å². The zero-order chi connectivity index (χ0) is 13.8. The number of benzene rings is 2. The lowest BCUT2D eigenvalue weighted by molar-refractivity contribution is 0.411. The fourth-order valence-corrected chi connectivity index (χ4v) is 2.94. The summed E-state index contributed by atoms with van der Waals surface area (Å²) in [6.45, 7) is 2.03. The van der Waals surface area contributed by atoms with Crippen molar-refractivity contribution in [3.8, 4) is 5.75 Å². The molecule has 0 aliphatic rings. The van der Waals surface area contributed by atoms with E-state index in [9.17, 15) is 0 Å². The Bertz CT molecular complexity index is 586. The molecule has 2 N–H and O–H groups in total. The van der Waals surface area contributed by atoms with E-state index >= 15 is 0 Å². The minimum atomic E-state index is 0.716. The minimum absolute atomic E-state index is 0.716. The Morgan fingerprint density at radius 3 is 2.68 bits per heavy atom. The lowest BCUT2D eigenvalue weighted by atomic mass is 10.2. The Balaban J connectivity index is 2.16. The third-order valence-electron chi connectivity index (χ3n) is 2.79. The van der Waals surface area contributed by atoms with E-state index < -0.39 is 0 Å². The van der Waals surface area contributed by atoms with Crippen LogP contribution in [0, 0.1) is 6.92 Å². The van der Waals surface area contributed by atoms with Gasteiger partial charge >= 0.3 is 0 Å². The number of nitrogens with two attached hydrogens (primary N) is 1. The summed E-state index contributed by atoms with van der Waals surface area (Å²) in [7, 11) is 1.66. The first kappa shape index (κ1) is 14.1. The van der Waals surface area contributed by atoms with Crippen molar-refractivity contribution in [3.63, 3.8) is 0 Å². The second kappa shape index (κ2) is 6.22. The van der Waals surface area contributed by atoms with Crippen LogP contribution in [0.5, 0.6) is 5.75 Å². The van der Waals surface area contributed by atoms with Crippen molar-refractivity contribution in [3.05, 3.63) is 52.5 Å². The normalized spacial score (nSPS) is 10.5. The van der Waals surface area contributed by atoms with Gasteiger partial charge in [0.15, 0.2) is 0 Å². The largest absolute Gasteiger partial charge is 0.496 e. The third-order valence-corrected chi connectivity index (χ3v) is 4.16. The van der Waals surface area contributed by atoms with Gasteiger partial charge in [0.05, 0.1) is 7.11 Å². The standard InChI is InChI=1S/C15H16ClNOS/c1-10-3-6-15(13(17)7-10)19-9-11-8-12(16)4-5-14(11)18-2/h3-8H,9,17H2,1-2H3. The van der Waals surface area contributed by atoms with E-state index in [-0.39, 0.29) is 0 Å². The molecule has 2 nitrogen and oxygen atoms in total. The van der Waals surface area contributed by atoms with Gasteiger partial charge in [0.25, 0.3) is 0 Å². The van der Waals surface area contributed by atoms with Crippen LogP contribution in [0.25, 0.3) is 0 Å². The molecule has 0 bridgehead atoms. The molecule has 4 heteroatoms. The fourth-order valence-electron chi connectivity index (χ4n) is 1.81. The quantitative estimate of drug-likeness (QED) is 0.664. The highest BCUT2D eigenvalue weighted by Crippen LogP contribution is 2.32. The highest BCUT2D eigenvalue weighted by Gasteiger charge is 2.06. The fraction of sp³-hybridized carbons (Fsp3) is 0.200. The predicted molar refractivity (Wildman–Crippen MR) is 83.2 cm³/mol. The Morgan fingerprint density at radius 1 is 1.21 bits per heavy atom. The molecule has 2 aromatic rings. The molecular formula is C15H16ClNOS. The average molecular weight is 294 g/mol. The number of aryl methyl sites for hydroxylation is 1. The van der Waals surface area contributed by atoms with E-state index in [0.29, 0.717) is 5.02 Å². The molecule has 100 valence electrons. The first-order valence-corrected chi connectivity index (χ1v) is 7.28. The van der Waals surface area contributed by atoms with Crippen LogP contribution in [0.3, 0.4) is 0 Å². The molecule has 0 saturated heterocycles. The van der Waals surface area contributed by atoms with Gasteiger partial charge in [0.1, 0.15) is 5.75 Å². The molecule has 0 aromatic heterocycles. The van der Waals surface area contributed by atoms with Crippen LogP contribution in [-0.4, -0.2) is 7.11 Å². The van der Waals surface area contributed by atoms with Gasteiger partial charge in [0.2, 0.25) is 0 Å². The van der Waals surface area contributed by atoms with Gasteiger partial charge in [-0.1, -0.05) is 17.7 Å². The first-order valence-electron chi connectivity index (χ1n) is 5.91. The monoisotopic (exact) mass is 293 g/mol. The maximum absolute atomic E-state index is 6.02. The summed E-state index contributed by atoms with van der Waals surface area (Å²) in [4.78, 5) is 1.08. The maximum Gasteiger partial charge on any atom is 0.123 e. The molecule has 0 aliphatic heterocycles. The number of halogens is 1. The van der Waals surface area contributed by atoms with Crippen molar-refractivity contribution in [1.82, 2.24) is 0 Å². The van der Waals surface area contributed by atoms with Gasteiger partial charge in [-0.15, -0.1) is 11.8 Å². The molecule has 0 spiro atoms. The molecule has 0 fully saturated rings. The van der Waals surface area contributed by atoms with E-state index in [1.54, 1.807) is 18.9 Å². The molecule has 2 aromatic carbocycles. The maximum atomic E-state index is 6.02. The number of hydrogen-bond acceptors (Lipinski definition) is 3. The Hall–Kier alpha value is -1.32. The summed E-state index contributed by atoms with van der Waals surface area (Å²) in [5.41, 5.74) is 9.06. The highest BCUT2D eigenvalue weighted by molar-refractivity contribution is 7.98. The topological polar surface area (TPSA) is 35.2 Å². The van der Waals surface area contributed by atoms with E-state index in [2.05, 4.69) is 6.07 Å². The second-order valence-corrected chi connectivity index (χ2v) is 5.74. The van der Waals surface area contributed by atoms with Crippen LogP contribution in [0.1, 0.15) is 11.1 Å². The lowest BCUT2D eigenvalue weighted by Gasteiger charge is -2.10. The van der Waals surface area contributed by atoms with Crippen molar-refractivity contribution >= 4 is 29.1 Å². The van der Waals surface area contributed by atoms with Gasteiger partial charge < -0.3 is 10.5 Å².